The summed E-state index contributed by atoms with van der Waals surface area (Å²) >= 11 is 0. The van der Waals surface area contributed by atoms with Crippen molar-refractivity contribution in [1.82, 2.24) is 0 Å². The highest BCUT2D eigenvalue weighted by Gasteiger charge is 2.39. The zero-order valence-corrected chi connectivity index (χ0v) is 15.1. The molecular weight excluding hydrogens is 362 g/mol. The van der Waals surface area contributed by atoms with Crippen LogP contribution < -0.4 is 4.31 Å². The molecule has 1 unspecified atom stereocenters. The van der Waals surface area contributed by atoms with Crippen LogP contribution in [0.2, 0.25) is 0 Å². The van der Waals surface area contributed by atoms with Crippen molar-refractivity contribution in [2.45, 2.75) is 17.4 Å². The van der Waals surface area contributed by atoms with Crippen molar-refractivity contribution in [3.63, 3.8) is 0 Å². The molecule has 6 heteroatoms. The first-order valence-electron chi connectivity index (χ1n) is 8.50. The van der Waals surface area contributed by atoms with E-state index in [-0.39, 0.29) is 11.3 Å². The molecule has 0 radical (unpaired) electrons. The van der Waals surface area contributed by atoms with Gasteiger partial charge in [0, 0.05) is 5.56 Å². The minimum absolute atomic E-state index is 0.134. The van der Waals surface area contributed by atoms with E-state index in [2.05, 4.69) is 0 Å². The van der Waals surface area contributed by atoms with E-state index in [0.29, 0.717) is 11.3 Å². The van der Waals surface area contributed by atoms with E-state index in [9.17, 15) is 18.3 Å². The van der Waals surface area contributed by atoms with Gasteiger partial charge in [-0.25, -0.2) is 8.42 Å². The number of rotatable bonds is 4. The van der Waals surface area contributed by atoms with Gasteiger partial charge in [-0.1, -0.05) is 60.7 Å². The lowest BCUT2D eigenvalue weighted by atomic mass is 9.88. The Morgan fingerprint density at radius 2 is 1.44 bits per heavy atom. The summed E-state index contributed by atoms with van der Waals surface area (Å²) in [6.07, 6.45) is -0.322. The number of para-hydroxylation sites is 1. The van der Waals surface area contributed by atoms with Gasteiger partial charge in [-0.15, -0.1) is 0 Å². The van der Waals surface area contributed by atoms with E-state index in [1.165, 1.54) is 16.4 Å². The third-order valence-corrected chi connectivity index (χ3v) is 6.54. The molecule has 4 rings (SSSR count). The van der Waals surface area contributed by atoms with Gasteiger partial charge in [0.25, 0.3) is 10.0 Å². The monoisotopic (exact) mass is 379 g/mol. The van der Waals surface area contributed by atoms with E-state index in [4.69, 9.17) is 0 Å². The van der Waals surface area contributed by atoms with E-state index >= 15 is 0 Å². The summed E-state index contributed by atoms with van der Waals surface area (Å²) in [6.45, 7) is 0. The van der Waals surface area contributed by atoms with E-state index < -0.39 is 22.0 Å². The van der Waals surface area contributed by atoms with Crippen molar-refractivity contribution in [2.75, 3.05) is 4.31 Å². The Bertz CT molecular complexity index is 1110. The van der Waals surface area contributed by atoms with Gasteiger partial charge in [-0.3, -0.25) is 9.10 Å². The third-order valence-electron chi connectivity index (χ3n) is 4.70. The molecule has 1 N–H and O–H groups in total. The van der Waals surface area contributed by atoms with E-state index in [1.807, 2.05) is 24.3 Å². The zero-order chi connectivity index (χ0) is 19.0. The highest BCUT2D eigenvalue weighted by atomic mass is 32.2. The summed E-state index contributed by atoms with van der Waals surface area (Å²) in [5, 5.41) is 9.47. The molecule has 1 aliphatic rings. The molecule has 27 heavy (non-hydrogen) atoms. The van der Waals surface area contributed by atoms with Crippen LogP contribution in [0.4, 0.5) is 5.69 Å². The molecule has 0 bridgehead atoms. The molecule has 1 atom stereocenters. The van der Waals surface area contributed by atoms with Gasteiger partial charge in [0.1, 0.15) is 0 Å². The van der Waals surface area contributed by atoms with Crippen LogP contribution in [-0.4, -0.2) is 19.5 Å². The summed E-state index contributed by atoms with van der Waals surface area (Å²) in [7, 11) is -3.94. The zero-order valence-electron chi connectivity index (χ0n) is 14.3. The molecule has 0 aromatic heterocycles. The summed E-state index contributed by atoms with van der Waals surface area (Å²) in [6, 6.07) is 21.8. The Labute approximate surface area is 157 Å². The lowest BCUT2D eigenvalue weighted by Gasteiger charge is -2.38. The number of hydrogen-bond acceptors (Lipinski definition) is 3. The van der Waals surface area contributed by atoms with Crippen molar-refractivity contribution in [3.8, 4) is 11.1 Å². The molecule has 0 saturated heterocycles. The molecule has 1 aliphatic heterocycles. The van der Waals surface area contributed by atoms with Gasteiger partial charge in [-0.2, -0.15) is 0 Å². The van der Waals surface area contributed by atoms with Crippen molar-refractivity contribution >= 4 is 21.7 Å². The predicted octanol–water partition coefficient (Wildman–Crippen LogP) is 4.08. The Morgan fingerprint density at radius 1 is 0.852 bits per heavy atom. The normalized spacial score (nSPS) is 15.7. The number of carboxylic acids is 1. The molecule has 3 aromatic carbocycles. The molecule has 0 spiro atoms. The smallest absolute Gasteiger partial charge is 0.305 e. The van der Waals surface area contributed by atoms with Crippen LogP contribution in [0.25, 0.3) is 11.1 Å². The molecule has 1 heterocycles. The Morgan fingerprint density at radius 3 is 2.15 bits per heavy atom. The first kappa shape index (κ1) is 17.3. The summed E-state index contributed by atoms with van der Waals surface area (Å²) < 4.78 is 28.2. The summed E-state index contributed by atoms with van der Waals surface area (Å²) in [4.78, 5) is 11.7. The second-order valence-corrected chi connectivity index (χ2v) is 8.15. The molecule has 0 fully saturated rings. The second-order valence-electron chi connectivity index (χ2n) is 6.33. The molecule has 0 aliphatic carbocycles. The third kappa shape index (κ3) is 2.88. The number of sulfonamides is 1. The van der Waals surface area contributed by atoms with Gasteiger partial charge in [0.15, 0.2) is 0 Å². The lowest BCUT2D eigenvalue weighted by Crippen LogP contribution is -2.38. The molecule has 136 valence electrons. The first-order chi connectivity index (χ1) is 13.0. The fraction of sp³-hybridized carbons (Fsp3) is 0.0952. The minimum atomic E-state index is -3.94. The number of hydrogen-bond donors (Lipinski definition) is 1. The fourth-order valence-corrected chi connectivity index (χ4v) is 5.25. The number of carboxylic acid groups (broad SMARTS) is 1. The van der Waals surface area contributed by atoms with E-state index in [1.54, 1.807) is 42.5 Å². The van der Waals surface area contributed by atoms with Crippen LogP contribution in [-0.2, 0) is 14.8 Å². The average molecular weight is 379 g/mol. The highest BCUT2D eigenvalue weighted by molar-refractivity contribution is 7.92. The summed E-state index contributed by atoms with van der Waals surface area (Å²) in [5.41, 5.74) is 2.82. The van der Waals surface area contributed by atoms with Crippen LogP contribution in [0.15, 0.2) is 83.8 Å². The number of nitrogens with zero attached hydrogens (tertiary/aromatic N) is 1. The van der Waals surface area contributed by atoms with Crippen molar-refractivity contribution in [3.05, 3.63) is 84.4 Å². The van der Waals surface area contributed by atoms with Crippen molar-refractivity contribution in [2.24, 2.45) is 0 Å². The van der Waals surface area contributed by atoms with Crippen molar-refractivity contribution in [1.29, 1.82) is 0 Å². The van der Waals surface area contributed by atoms with Gasteiger partial charge in [0.05, 0.1) is 23.0 Å². The predicted molar refractivity (Wildman–Crippen MR) is 103 cm³/mol. The number of fused-ring (bicyclic) bond motifs is 3. The molecule has 3 aromatic rings. The maximum absolute atomic E-state index is 13.5. The topological polar surface area (TPSA) is 74.7 Å². The number of aliphatic carboxylic acids is 1. The number of anilines is 1. The largest absolute Gasteiger partial charge is 0.481 e. The lowest BCUT2D eigenvalue weighted by molar-refractivity contribution is -0.137. The van der Waals surface area contributed by atoms with Gasteiger partial charge in [-0.05, 0) is 29.3 Å². The molecule has 0 amide bonds. The van der Waals surface area contributed by atoms with Crippen LogP contribution in [0.3, 0.4) is 0 Å². The molecular formula is C21H17NO4S. The van der Waals surface area contributed by atoms with E-state index in [0.717, 1.165) is 11.1 Å². The van der Waals surface area contributed by atoms with Crippen LogP contribution in [0.5, 0.6) is 0 Å². The SMILES string of the molecule is O=C(O)CC1c2ccccc2-c2ccccc2N1S(=O)(=O)c1ccccc1. The maximum Gasteiger partial charge on any atom is 0.305 e. The van der Waals surface area contributed by atoms with Crippen LogP contribution >= 0.6 is 0 Å². The van der Waals surface area contributed by atoms with Gasteiger partial charge >= 0.3 is 5.97 Å². The Balaban J connectivity index is 2.00. The van der Waals surface area contributed by atoms with Crippen molar-refractivity contribution < 1.29 is 18.3 Å². The first-order valence-corrected chi connectivity index (χ1v) is 9.94. The van der Waals surface area contributed by atoms with Crippen LogP contribution in [0.1, 0.15) is 18.0 Å². The van der Waals surface area contributed by atoms with Gasteiger partial charge in [0.2, 0.25) is 0 Å². The molecule has 5 nitrogen and oxygen atoms in total. The van der Waals surface area contributed by atoms with Gasteiger partial charge < -0.3 is 5.11 Å². The maximum atomic E-state index is 13.5. The molecule has 0 saturated carbocycles. The average Bonchev–Trinajstić information content (AvgIpc) is 2.68. The minimum Gasteiger partial charge on any atom is -0.481 e. The highest BCUT2D eigenvalue weighted by Crippen LogP contribution is 2.48. The standard InChI is InChI=1S/C21H17NO4S/c23-21(24)14-20-18-12-5-4-10-16(18)17-11-6-7-13-19(17)22(20)27(25,26)15-8-2-1-3-9-15/h1-13,20H,14H2,(H,23,24). The summed E-state index contributed by atoms with van der Waals surface area (Å²) in [5.74, 6) is -1.05. The Hall–Kier alpha value is -3.12. The quantitative estimate of drug-likeness (QED) is 0.741. The van der Waals surface area contributed by atoms with Crippen LogP contribution in [0, 0.1) is 0 Å². The number of benzene rings is 3. The number of carbonyl (C=O) groups is 1. The fourth-order valence-electron chi connectivity index (χ4n) is 3.58. The second kappa shape index (κ2) is 6.55. The Kier molecular flexibility index (Phi) is 4.20.